The zero-order valence-electron chi connectivity index (χ0n) is 27.2. The van der Waals surface area contributed by atoms with Gasteiger partial charge < -0.3 is 25.7 Å². The second-order valence-electron chi connectivity index (χ2n) is 11.5. The number of allylic oxidation sites excluding steroid dienone is 1. The number of aliphatic hydroxyl groups excluding tert-OH is 1. The van der Waals surface area contributed by atoms with Gasteiger partial charge in [0.2, 0.25) is 0 Å². The van der Waals surface area contributed by atoms with E-state index in [0.29, 0.717) is 16.6 Å². The number of aromatic nitrogens is 1. The fourth-order valence-corrected chi connectivity index (χ4v) is 5.39. The minimum atomic E-state index is -0.875. The molecular formula is C32H58N2O7S2. The molecule has 0 spiro atoms. The molecule has 0 saturated carbocycles. The van der Waals surface area contributed by atoms with Crippen LogP contribution in [0.25, 0.3) is 0 Å². The van der Waals surface area contributed by atoms with E-state index < -0.39 is 23.9 Å². The van der Waals surface area contributed by atoms with Crippen molar-refractivity contribution in [2.75, 3.05) is 23.4 Å². The lowest BCUT2D eigenvalue weighted by molar-refractivity contribution is -0.138. The number of aliphatic hydroxyl groups is 1. The van der Waals surface area contributed by atoms with Gasteiger partial charge in [-0.25, -0.2) is 4.98 Å². The first-order valence-electron chi connectivity index (χ1n) is 15.4. The Bertz CT molecular complexity index is 848. The number of hydrogen-bond donors (Lipinski definition) is 5. The van der Waals surface area contributed by atoms with Crippen LogP contribution in [0, 0.1) is 17.8 Å². The number of nitrogens with zero attached hydrogens (tertiary/aromatic N) is 1. The number of carboxylic acids is 3. The fraction of sp³-hybridized carbons (Fsp3) is 0.750. The Morgan fingerprint density at radius 3 is 1.79 bits per heavy atom. The Labute approximate surface area is 268 Å². The van der Waals surface area contributed by atoms with Crippen LogP contribution in [-0.4, -0.2) is 67.5 Å². The summed E-state index contributed by atoms with van der Waals surface area (Å²) in [7, 11) is 0. The van der Waals surface area contributed by atoms with Gasteiger partial charge in [-0.05, 0) is 44.4 Å². The molecule has 5 N–H and O–H groups in total. The number of thioether (sulfide) groups is 1. The second kappa shape index (κ2) is 28.6. The van der Waals surface area contributed by atoms with Crippen molar-refractivity contribution in [1.82, 2.24) is 4.98 Å². The highest BCUT2D eigenvalue weighted by molar-refractivity contribution is 7.99. The largest absolute Gasteiger partial charge is 0.481 e. The average Bonchev–Trinajstić information content (AvgIpc) is 3.42. The minimum Gasteiger partial charge on any atom is -0.481 e. The number of hydrogen-bond acceptors (Lipinski definition) is 8. The summed E-state index contributed by atoms with van der Waals surface area (Å²) in [6, 6.07) is -0.582. The van der Waals surface area contributed by atoms with Crippen LogP contribution in [-0.2, 0) is 14.4 Å². The molecule has 0 saturated heterocycles. The molecule has 1 heterocycles. The van der Waals surface area contributed by atoms with E-state index in [-0.39, 0.29) is 19.4 Å². The third-order valence-corrected chi connectivity index (χ3v) is 8.33. The Balaban J connectivity index is 0. The zero-order chi connectivity index (χ0) is 33.0. The van der Waals surface area contributed by atoms with Gasteiger partial charge in [-0.15, -0.1) is 11.3 Å². The number of thiazole rings is 1. The van der Waals surface area contributed by atoms with Crippen LogP contribution in [0.15, 0.2) is 23.2 Å². The van der Waals surface area contributed by atoms with E-state index in [0.717, 1.165) is 24.2 Å². The summed E-state index contributed by atoms with van der Waals surface area (Å²) in [4.78, 5) is 34.2. The van der Waals surface area contributed by atoms with E-state index in [9.17, 15) is 14.4 Å². The normalized spacial score (nSPS) is 13.2. The maximum atomic E-state index is 10.3. The van der Waals surface area contributed by atoms with Crippen LogP contribution < -0.4 is 5.32 Å². The summed E-state index contributed by atoms with van der Waals surface area (Å²) in [6.45, 7) is 13.4. The second-order valence-corrected chi connectivity index (χ2v) is 13.7. The van der Waals surface area contributed by atoms with Crippen LogP contribution in [0.5, 0.6) is 0 Å². The van der Waals surface area contributed by atoms with Crippen molar-refractivity contribution in [3.05, 3.63) is 23.2 Å². The van der Waals surface area contributed by atoms with Crippen LogP contribution in [0.2, 0.25) is 0 Å². The standard InChI is InChI=1S/C20H40O.C6H8N2O2S.C6H10O4S/c1-17(2)9-6-10-18(3)11-7-12-19(4)13-8-14-20(5)15-16-21;1-4(5(9)10)8-6-7-2-3-11-6;7-5(8)1-3-11-4-2-6(9)10/h15,17-19,21H,6-14,16H2,1-5H3;2-4H,1H3,(H,7,8)(H,9,10);1-4H2,(H,7,8)(H,9,10)/t18-,19-;4-;/m10./s1. The number of carboxylic acid groups (broad SMARTS) is 3. The molecule has 1 aromatic rings. The fourth-order valence-electron chi connectivity index (χ4n) is 3.93. The van der Waals surface area contributed by atoms with Crippen LogP contribution in [0.3, 0.4) is 0 Å². The molecule has 0 amide bonds. The molecule has 0 fully saturated rings. The highest BCUT2D eigenvalue weighted by Crippen LogP contribution is 2.22. The quantitative estimate of drug-likeness (QED) is 0.0616. The van der Waals surface area contributed by atoms with E-state index in [1.54, 1.807) is 18.5 Å². The molecular weight excluding hydrogens is 588 g/mol. The number of rotatable bonds is 22. The van der Waals surface area contributed by atoms with Gasteiger partial charge in [-0.1, -0.05) is 84.3 Å². The topological polar surface area (TPSA) is 157 Å². The lowest BCUT2D eigenvalue weighted by Gasteiger charge is -2.15. The van der Waals surface area contributed by atoms with Crippen LogP contribution in [0.1, 0.15) is 112 Å². The lowest BCUT2D eigenvalue weighted by Crippen LogP contribution is -2.25. The molecule has 0 bridgehead atoms. The number of carbonyl (C=O) groups is 3. The third kappa shape index (κ3) is 32.6. The maximum absolute atomic E-state index is 10.3. The van der Waals surface area contributed by atoms with Crippen molar-refractivity contribution >= 4 is 46.1 Å². The number of anilines is 1. The van der Waals surface area contributed by atoms with E-state index in [1.165, 1.54) is 80.0 Å². The van der Waals surface area contributed by atoms with Crippen molar-refractivity contribution in [2.45, 2.75) is 118 Å². The van der Waals surface area contributed by atoms with Crippen molar-refractivity contribution in [3.8, 4) is 0 Å². The summed E-state index contributed by atoms with van der Waals surface area (Å²) in [6.07, 6.45) is 15.9. The van der Waals surface area contributed by atoms with Gasteiger partial charge in [0.15, 0.2) is 5.13 Å². The molecule has 0 aliphatic rings. The molecule has 11 heteroatoms. The third-order valence-electron chi connectivity index (χ3n) is 6.64. The van der Waals surface area contributed by atoms with E-state index in [1.807, 2.05) is 6.08 Å². The lowest BCUT2D eigenvalue weighted by atomic mass is 9.91. The van der Waals surface area contributed by atoms with Gasteiger partial charge in [-0.2, -0.15) is 11.8 Å². The van der Waals surface area contributed by atoms with Gasteiger partial charge >= 0.3 is 17.9 Å². The monoisotopic (exact) mass is 646 g/mol. The molecule has 0 aliphatic carbocycles. The Morgan fingerprint density at radius 2 is 1.37 bits per heavy atom. The van der Waals surface area contributed by atoms with Crippen molar-refractivity contribution in [1.29, 1.82) is 0 Å². The molecule has 250 valence electrons. The summed E-state index contributed by atoms with van der Waals surface area (Å²) >= 11 is 2.73. The first-order valence-corrected chi connectivity index (χ1v) is 17.5. The summed E-state index contributed by atoms with van der Waals surface area (Å²) in [5.41, 5.74) is 1.34. The zero-order valence-corrected chi connectivity index (χ0v) is 28.9. The average molecular weight is 647 g/mol. The minimum absolute atomic E-state index is 0.101. The van der Waals surface area contributed by atoms with Gasteiger partial charge in [0.05, 0.1) is 19.4 Å². The van der Waals surface area contributed by atoms with Crippen molar-refractivity contribution in [2.24, 2.45) is 17.8 Å². The molecule has 1 rings (SSSR count). The molecule has 0 unspecified atom stereocenters. The molecule has 1 aromatic heterocycles. The predicted octanol–water partition coefficient (Wildman–Crippen LogP) is 8.06. The van der Waals surface area contributed by atoms with Crippen molar-refractivity contribution in [3.63, 3.8) is 0 Å². The molecule has 0 radical (unpaired) electrons. The first-order chi connectivity index (χ1) is 20.3. The molecule has 9 nitrogen and oxygen atoms in total. The molecule has 3 atom stereocenters. The van der Waals surface area contributed by atoms with Gasteiger partial charge in [0.1, 0.15) is 6.04 Å². The number of aliphatic carboxylic acids is 3. The predicted molar refractivity (Wildman–Crippen MR) is 180 cm³/mol. The van der Waals surface area contributed by atoms with Crippen LogP contribution in [0.4, 0.5) is 5.13 Å². The highest BCUT2D eigenvalue weighted by atomic mass is 32.2. The number of nitrogens with one attached hydrogen (secondary N) is 1. The molecule has 0 aliphatic heterocycles. The van der Waals surface area contributed by atoms with E-state index in [2.05, 4.69) is 44.9 Å². The highest BCUT2D eigenvalue weighted by Gasteiger charge is 2.10. The smallest absolute Gasteiger partial charge is 0.325 e. The molecule has 0 aromatic carbocycles. The van der Waals surface area contributed by atoms with Gasteiger partial charge in [-0.3, -0.25) is 14.4 Å². The Hall–Kier alpha value is -2.11. The Kier molecular flexibility index (Phi) is 28.7. The summed E-state index contributed by atoms with van der Waals surface area (Å²) in [5.74, 6) is 1.05. The Morgan fingerprint density at radius 1 is 0.860 bits per heavy atom. The summed E-state index contributed by atoms with van der Waals surface area (Å²) < 4.78 is 0. The van der Waals surface area contributed by atoms with Crippen LogP contribution >= 0.6 is 23.1 Å². The molecule has 43 heavy (non-hydrogen) atoms. The van der Waals surface area contributed by atoms with Gasteiger partial charge in [0.25, 0.3) is 0 Å². The SMILES string of the molecule is CC(=CCO)CCC[C@H](C)CCC[C@H](C)CCCC(C)C.C[C@H](Nc1nccs1)C(=O)O.O=C(O)CCSCCC(=O)O. The van der Waals surface area contributed by atoms with Crippen molar-refractivity contribution < 1.29 is 34.8 Å². The first kappa shape index (κ1) is 43.0. The van der Waals surface area contributed by atoms with E-state index >= 15 is 0 Å². The van der Waals surface area contributed by atoms with E-state index in [4.69, 9.17) is 20.4 Å². The summed E-state index contributed by atoms with van der Waals surface area (Å²) in [5, 5.41) is 38.9. The van der Waals surface area contributed by atoms with Gasteiger partial charge in [0, 0.05) is 23.1 Å². The maximum Gasteiger partial charge on any atom is 0.325 e.